The Labute approximate surface area is 75.2 Å². The molecule has 0 spiro atoms. The summed E-state index contributed by atoms with van der Waals surface area (Å²) in [6, 6.07) is 8.76. The summed E-state index contributed by atoms with van der Waals surface area (Å²) >= 11 is 0. The van der Waals surface area contributed by atoms with Crippen LogP contribution in [-0.4, -0.2) is 7.28 Å². The van der Waals surface area contributed by atoms with Gasteiger partial charge in [-0.05, 0) is 11.8 Å². The topological polar surface area (TPSA) is 0 Å². The Kier molecular flexibility index (Phi) is 1.96. The van der Waals surface area contributed by atoms with Crippen LogP contribution in [0.3, 0.4) is 0 Å². The Morgan fingerprint density at radius 1 is 1.33 bits per heavy atom. The first-order valence-corrected chi connectivity index (χ1v) is 4.71. The van der Waals surface area contributed by atoms with E-state index >= 15 is 0 Å². The van der Waals surface area contributed by atoms with Gasteiger partial charge >= 0.3 is 0 Å². The maximum absolute atomic E-state index is 2.36. The molecule has 61 valence electrons. The van der Waals surface area contributed by atoms with Gasteiger partial charge in [0, 0.05) is 0 Å². The van der Waals surface area contributed by atoms with E-state index in [0.717, 1.165) is 11.8 Å². The Hall–Kier alpha value is -0.715. The van der Waals surface area contributed by atoms with Gasteiger partial charge in [0.05, 0.1) is 0 Å². The lowest BCUT2D eigenvalue weighted by Gasteiger charge is -2.15. The Morgan fingerprint density at radius 3 is 2.83 bits per heavy atom. The first-order chi connectivity index (χ1) is 5.79. The molecule has 1 atom stereocenters. The summed E-state index contributed by atoms with van der Waals surface area (Å²) in [6.07, 6.45) is 1.23. The van der Waals surface area contributed by atoms with E-state index < -0.39 is 0 Å². The first-order valence-electron chi connectivity index (χ1n) is 4.71. The van der Waals surface area contributed by atoms with Crippen molar-refractivity contribution in [3.8, 4) is 0 Å². The van der Waals surface area contributed by atoms with Gasteiger partial charge in [-0.15, -0.1) is 0 Å². The Morgan fingerprint density at radius 2 is 2.08 bits per heavy atom. The molecular formula is C11H14B. The quantitative estimate of drug-likeness (QED) is 0.548. The second-order valence-electron chi connectivity index (χ2n) is 3.92. The number of benzene rings is 1. The van der Waals surface area contributed by atoms with E-state index in [4.69, 9.17) is 0 Å². The van der Waals surface area contributed by atoms with Crippen LogP contribution in [0.15, 0.2) is 24.3 Å². The molecule has 0 saturated carbocycles. The van der Waals surface area contributed by atoms with E-state index in [2.05, 4.69) is 45.4 Å². The molecule has 0 amide bonds. The van der Waals surface area contributed by atoms with Gasteiger partial charge in [-0.25, -0.2) is 0 Å². The maximum Gasteiger partial charge on any atom is 0.152 e. The zero-order valence-electron chi connectivity index (χ0n) is 7.75. The molecular weight excluding hydrogens is 143 g/mol. The van der Waals surface area contributed by atoms with Crippen molar-refractivity contribution in [2.75, 3.05) is 0 Å². The van der Waals surface area contributed by atoms with Crippen LogP contribution in [0.2, 0.25) is 6.32 Å². The summed E-state index contributed by atoms with van der Waals surface area (Å²) < 4.78 is 0. The third-order valence-corrected chi connectivity index (χ3v) is 2.79. The molecule has 1 heterocycles. The molecule has 0 fully saturated rings. The third-order valence-electron chi connectivity index (χ3n) is 2.79. The highest BCUT2D eigenvalue weighted by molar-refractivity contribution is 6.56. The normalized spacial score (nSPS) is 20.8. The second kappa shape index (κ2) is 2.97. The van der Waals surface area contributed by atoms with Crippen molar-refractivity contribution in [2.24, 2.45) is 5.92 Å². The molecule has 2 rings (SSSR count). The van der Waals surface area contributed by atoms with E-state index in [9.17, 15) is 0 Å². The number of hydrogen-bond acceptors (Lipinski definition) is 0. The van der Waals surface area contributed by atoms with E-state index in [0.29, 0.717) is 0 Å². The lowest BCUT2D eigenvalue weighted by molar-refractivity contribution is 0.542. The molecule has 0 bridgehead atoms. The van der Waals surface area contributed by atoms with E-state index in [-0.39, 0.29) is 0 Å². The summed E-state index contributed by atoms with van der Waals surface area (Å²) in [5, 5.41) is 0. The van der Waals surface area contributed by atoms with E-state index in [1.807, 2.05) is 0 Å². The molecule has 1 aromatic rings. The average Bonchev–Trinajstić information content (AvgIpc) is 2.47. The monoisotopic (exact) mass is 157 g/mol. The highest BCUT2D eigenvalue weighted by Gasteiger charge is 2.24. The largest absolute Gasteiger partial charge is 0.152 e. The van der Waals surface area contributed by atoms with Crippen LogP contribution in [0.5, 0.6) is 0 Å². The van der Waals surface area contributed by atoms with Gasteiger partial charge in [0.1, 0.15) is 0 Å². The minimum atomic E-state index is 0.765. The van der Waals surface area contributed by atoms with Crippen molar-refractivity contribution >= 4 is 12.7 Å². The first kappa shape index (κ1) is 7.91. The number of hydrogen-bond donors (Lipinski definition) is 0. The number of fused-ring (bicyclic) bond motifs is 1. The second-order valence-corrected chi connectivity index (χ2v) is 3.92. The molecule has 1 heteroatoms. The fraction of sp³-hybridized carbons (Fsp3) is 0.455. The van der Waals surface area contributed by atoms with Crippen molar-refractivity contribution < 1.29 is 0 Å². The van der Waals surface area contributed by atoms with Gasteiger partial charge in [-0.1, -0.05) is 55.5 Å². The predicted molar refractivity (Wildman–Crippen MR) is 54.2 cm³/mol. The van der Waals surface area contributed by atoms with Gasteiger partial charge in [0.2, 0.25) is 0 Å². The van der Waals surface area contributed by atoms with Crippen LogP contribution in [0.1, 0.15) is 25.3 Å². The van der Waals surface area contributed by atoms with Crippen molar-refractivity contribution in [1.82, 2.24) is 0 Å². The average molecular weight is 157 g/mol. The molecule has 1 radical (unpaired) electrons. The van der Waals surface area contributed by atoms with E-state index in [1.165, 1.54) is 11.8 Å². The van der Waals surface area contributed by atoms with Crippen molar-refractivity contribution in [3.63, 3.8) is 0 Å². The van der Waals surface area contributed by atoms with Gasteiger partial charge in [0.15, 0.2) is 7.28 Å². The van der Waals surface area contributed by atoms with Crippen molar-refractivity contribution in [1.29, 1.82) is 0 Å². The predicted octanol–water partition coefficient (Wildman–Crippen LogP) is 2.19. The Balaban J connectivity index is 2.36. The summed E-state index contributed by atoms with van der Waals surface area (Å²) in [6.45, 7) is 4.61. The maximum atomic E-state index is 2.36. The van der Waals surface area contributed by atoms with Gasteiger partial charge in [-0.3, -0.25) is 0 Å². The zero-order chi connectivity index (χ0) is 8.55. The SMILES string of the molecule is CC(C)C1C[B]c2ccccc21. The summed E-state index contributed by atoms with van der Waals surface area (Å²) in [4.78, 5) is 0. The molecule has 1 unspecified atom stereocenters. The lowest BCUT2D eigenvalue weighted by atomic mass is 9.71. The minimum absolute atomic E-state index is 0.765. The van der Waals surface area contributed by atoms with Crippen LogP contribution in [0.4, 0.5) is 0 Å². The lowest BCUT2D eigenvalue weighted by Crippen LogP contribution is -2.09. The molecule has 1 aliphatic rings. The van der Waals surface area contributed by atoms with Crippen LogP contribution >= 0.6 is 0 Å². The van der Waals surface area contributed by atoms with Gasteiger partial charge < -0.3 is 0 Å². The fourth-order valence-electron chi connectivity index (χ4n) is 2.05. The van der Waals surface area contributed by atoms with Gasteiger partial charge in [-0.2, -0.15) is 0 Å². The fourth-order valence-corrected chi connectivity index (χ4v) is 2.05. The third kappa shape index (κ3) is 1.18. The summed E-state index contributed by atoms with van der Waals surface area (Å²) in [7, 11) is 2.36. The highest BCUT2D eigenvalue weighted by atomic mass is 14.2. The Bertz CT molecular complexity index is 278. The highest BCUT2D eigenvalue weighted by Crippen LogP contribution is 2.30. The zero-order valence-corrected chi connectivity index (χ0v) is 7.75. The van der Waals surface area contributed by atoms with Crippen LogP contribution in [-0.2, 0) is 0 Å². The van der Waals surface area contributed by atoms with E-state index in [1.54, 1.807) is 5.56 Å². The van der Waals surface area contributed by atoms with Crippen LogP contribution in [0.25, 0.3) is 0 Å². The molecule has 0 nitrogen and oxygen atoms in total. The molecule has 0 aliphatic carbocycles. The minimum Gasteiger partial charge on any atom is -0.0844 e. The molecule has 1 aromatic carbocycles. The molecule has 0 saturated heterocycles. The summed E-state index contributed by atoms with van der Waals surface area (Å²) in [5.41, 5.74) is 3.00. The van der Waals surface area contributed by atoms with Crippen LogP contribution in [0, 0.1) is 5.92 Å². The molecule has 1 aliphatic heterocycles. The van der Waals surface area contributed by atoms with Crippen molar-refractivity contribution in [3.05, 3.63) is 29.8 Å². The van der Waals surface area contributed by atoms with Crippen molar-refractivity contribution in [2.45, 2.75) is 26.1 Å². The molecule has 12 heavy (non-hydrogen) atoms. The van der Waals surface area contributed by atoms with Gasteiger partial charge in [0.25, 0.3) is 0 Å². The summed E-state index contributed by atoms with van der Waals surface area (Å²) in [5.74, 6) is 1.53. The smallest absolute Gasteiger partial charge is 0.0844 e. The molecule has 0 N–H and O–H groups in total. The molecule has 0 aromatic heterocycles. The van der Waals surface area contributed by atoms with Crippen LogP contribution < -0.4 is 5.46 Å². The standard InChI is InChI=1S/C11H14B/c1-8(2)10-7-12-11-6-4-3-5-9(10)11/h3-6,8,10H,7H2,1-2H3. The number of rotatable bonds is 1.